The van der Waals surface area contributed by atoms with Gasteiger partial charge in [0, 0.05) is 19.0 Å². The molecule has 1 aromatic carbocycles. The molecule has 0 unspecified atom stereocenters. The molecular weight excluding hydrogens is 302 g/mol. The summed E-state index contributed by atoms with van der Waals surface area (Å²) < 4.78 is 28.2. The Balaban J connectivity index is 2.01. The van der Waals surface area contributed by atoms with Gasteiger partial charge in [-0.25, -0.2) is 18.7 Å². The van der Waals surface area contributed by atoms with Gasteiger partial charge in [0.05, 0.1) is 6.54 Å². The zero-order chi connectivity index (χ0) is 16.4. The van der Waals surface area contributed by atoms with Crippen molar-refractivity contribution in [1.82, 2.24) is 14.5 Å². The SMILES string of the molecule is NC(=O)CCc1nc2cccnc2n1Cc1ccc(F)c(F)c1. The highest BCUT2D eigenvalue weighted by atomic mass is 19.2. The molecule has 3 rings (SSSR count). The second-order valence-electron chi connectivity index (χ2n) is 5.18. The first-order valence-electron chi connectivity index (χ1n) is 7.07. The van der Waals surface area contributed by atoms with Gasteiger partial charge in [-0.1, -0.05) is 6.07 Å². The van der Waals surface area contributed by atoms with E-state index in [0.29, 0.717) is 29.0 Å². The van der Waals surface area contributed by atoms with E-state index in [-0.39, 0.29) is 13.0 Å². The number of nitrogens with two attached hydrogens (primary N) is 1. The van der Waals surface area contributed by atoms with Crippen molar-refractivity contribution in [3.8, 4) is 0 Å². The topological polar surface area (TPSA) is 73.8 Å². The monoisotopic (exact) mass is 316 g/mol. The Bertz CT molecular complexity index is 876. The molecule has 2 aromatic heterocycles. The lowest BCUT2D eigenvalue weighted by molar-refractivity contribution is -0.118. The van der Waals surface area contributed by atoms with Crippen molar-refractivity contribution >= 4 is 17.1 Å². The number of halogens is 2. The summed E-state index contributed by atoms with van der Waals surface area (Å²) in [6, 6.07) is 7.29. The Morgan fingerprint density at radius 3 is 2.78 bits per heavy atom. The van der Waals surface area contributed by atoms with Crippen LogP contribution in [-0.2, 0) is 17.8 Å². The largest absolute Gasteiger partial charge is 0.370 e. The number of aryl methyl sites for hydroxylation is 1. The Kier molecular flexibility index (Phi) is 4.01. The number of aromatic nitrogens is 3. The molecule has 3 aromatic rings. The fourth-order valence-corrected chi connectivity index (χ4v) is 2.42. The fraction of sp³-hybridized carbons (Fsp3) is 0.188. The van der Waals surface area contributed by atoms with Crippen molar-refractivity contribution in [2.24, 2.45) is 5.73 Å². The van der Waals surface area contributed by atoms with Gasteiger partial charge in [0.25, 0.3) is 0 Å². The minimum absolute atomic E-state index is 0.154. The van der Waals surface area contributed by atoms with Crippen LogP contribution in [0.2, 0.25) is 0 Å². The van der Waals surface area contributed by atoms with Crippen LogP contribution >= 0.6 is 0 Å². The predicted molar refractivity (Wildman–Crippen MR) is 80.5 cm³/mol. The van der Waals surface area contributed by atoms with Crippen LogP contribution in [0.1, 0.15) is 17.8 Å². The molecule has 0 saturated carbocycles. The van der Waals surface area contributed by atoms with Gasteiger partial charge < -0.3 is 10.3 Å². The summed E-state index contributed by atoms with van der Waals surface area (Å²) in [7, 11) is 0. The molecule has 0 saturated heterocycles. The quantitative estimate of drug-likeness (QED) is 0.784. The second-order valence-corrected chi connectivity index (χ2v) is 5.18. The maximum atomic E-state index is 13.4. The summed E-state index contributed by atoms with van der Waals surface area (Å²) in [6.07, 6.45) is 2.14. The lowest BCUT2D eigenvalue weighted by Crippen LogP contribution is -2.14. The molecule has 0 radical (unpaired) electrons. The predicted octanol–water partition coefficient (Wildman–Crippen LogP) is 2.18. The summed E-state index contributed by atoms with van der Waals surface area (Å²) >= 11 is 0. The zero-order valence-corrected chi connectivity index (χ0v) is 12.2. The number of benzene rings is 1. The number of carbonyl (C=O) groups excluding carboxylic acids is 1. The van der Waals surface area contributed by atoms with E-state index < -0.39 is 17.5 Å². The smallest absolute Gasteiger partial charge is 0.217 e. The van der Waals surface area contributed by atoms with E-state index in [1.54, 1.807) is 22.9 Å². The fourth-order valence-electron chi connectivity index (χ4n) is 2.42. The minimum Gasteiger partial charge on any atom is -0.370 e. The van der Waals surface area contributed by atoms with Gasteiger partial charge in [0.15, 0.2) is 17.3 Å². The third-order valence-electron chi connectivity index (χ3n) is 3.50. The summed E-state index contributed by atoms with van der Waals surface area (Å²) in [6.45, 7) is 0.277. The van der Waals surface area contributed by atoms with Gasteiger partial charge >= 0.3 is 0 Å². The molecule has 118 valence electrons. The van der Waals surface area contributed by atoms with Crippen molar-refractivity contribution in [2.75, 3.05) is 0 Å². The van der Waals surface area contributed by atoms with Crippen LogP contribution in [0.25, 0.3) is 11.2 Å². The molecule has 0 aliphatic carbocycles. The number of amides is 1. The molecule has 0 bridgehead atoms. The Morgan fingerprint density at radius 2 is 2.04 bits per heavy atom. The van der Waals surface area contributed by atoms with E-state index in [9.17, 15) is 13.6 Å². The minimum atomic E-state index is -0.904. The van der Waals surface area contributed by atoms with Crippen LogP contribution in [0, 0.1) is 11.6 Å². The number of carbonyl (C=O) groups is 1. The molecule has 5 nitrogen and oxygen atoms in total. The highest BCUT2D eigenvalue weighted by Gasteiger charge is 2.13. The average molecular weight is 316 g/mol. The van der Waals surface area contributed by atoms with E-state index in [4.69, 9.17) is 5.73 Å². The number of pyridine rings is 1. The van der Waals surface area contributed by atoms with Gasteiger partial charge in [-0.2, -0.15) is 0 Å². The van der Waals surface area contributed by atoms with Crippen molar-refractivity contribution in [3.05, 3.63) is 59.6 Å². The number of imidazole rings is 1. The van der Waals surface area contributed by atoms with Crippen LogP contribution in [0.15, 0.2) is 36.5 Å². The molecule has 0 spiro atoms. The molecular formula is C16H14F2N4O. The van der Waals surface area contributed by atoms with E-state index in [1.807, 2.05) is 0 Å². The molecule has 0 atom stereocenters. The molecule has 2 N–H and O–H groups in total. The molecule has 2 heterocycles. The van der Waals surface area contributed by atoms with Crippen LogP contribution in [-0.4, -0.2) is 20.4 Å². The number of fused-ring (bicyclic) bond motifs is 1. The average Bonchev–Trinajstić information content (AvgIpc) is 2.87. The Morgan fingerprint density at radius 1 is 1.22 bits per heavy atom. The lowest BCUT2D eigenvalue weighted by Gasteiger charge is -2.09. The molecule has 0 aliphatic heterocycles. The van der Waals surface area contributed by atoms with Crippen molar-refractivity contribution in [3.63, 3.8) is 0 Å². The van der Waals surface area contributed by atoms with Gasteiger partial charge in [-0.15, -0.1) is 0 Å². The maximum absolute atomic E-state index is 13.4. The summed E-state index contributed by atoms with van der Waals surface area (Å²) in [5, 5.41) is 0. The molecule has 23 heavy (non-hydrogen) atoms. The summed E-state index contributed by atoms with van der Waals surface area (Å²) in [5.41, 5.74) is 7.07. The number of hydrogen-bond donors (Lipinski definition) is 1. The molecule has 1 amide bonds. The van der Waals surface area contributed by atoms with Crippen molar-refractivity contribution in [1.29, 1.82) is 0 Å². The first-order chi connectivity index (χ1) is 11.0. The van der Waals surface area contributed by atoms with Crippen LogP contribution < -0.4 is 5.73 Å². The third kappa shape index (κ3) is 3.18. The van der Waals surface area contributed by atoms with E-state index in [1.165, 1.54) is 6.07 Å². The highest BCUT2D eigenvalue weighted by Crippen LogP contribution is 2.18. The number of rotatable bonds is 5. The summed E-state index contributed by atoms with van der Waals surface area (Å²) in [4.78, 5) is 19.7. The second kappa shape index (κ2) is 6.12. The number of primary amides is 1. The van der Waals surface area contributed by atoms with Crippen LogP contribution in [0.4, 0.5) is 8.78 Å². The lowest BCUT2D eigenvalue weighted by atomic mass is 10.2. The number of nitrogens with zero attached hydrogens (tertiary/aromatic N) is 3. The van der Waals surface area contributed by atoms with Gasteiger partial charge in [-0.3, -0.25) is 4.79 Å². The standard InChI is InChI=1S/C16H14F2N4O/c17-11-4-3-10(8-12(11)18)9-22-15(6-5-14(19)23)21-13-2-1-7-20-16(13)22/h1-4,7-8H,5-6,9H2,(H2,19,23). The van der Waals surface area contributed by atoms with E-state index >= 15 is 0 Å². The van der Waals surface area contributed by atoms with E-state index in [2.05, 4.69) is 9.97 Å². The molecule has 7 heteroatoms. The first kappa shape index (κ1) is 15.1. The van der Waals surface area contributed by atoms with Crippen molar-refractivity contribution < 1.29 is 13.6 Å². The maximum Gasteiger partial charge on any atom is 0.217 e. The Labute approximate surface area is 130 Å². The molecule has 0 fully saturated rings. The van der Waals surface area contributed by atoms with Gasteiger partial charge in [0.1, 0.15) is 11.3 Å². The van der Waals surface area contributed by atoms with Gasteiger partial charge in [0.2, 0.25) is 5.91 Å². The third-order valence-corrected chi connectivity index (χ3v) is 3.50. The molecule has 0 aliphatic rings. The first-order valence-corrected chi connectivity index (χ1v) is 7.07. The van der Waals surface area contributed by atoms with Crippen LogP contribution in [0.5, 0.6) is 0 Å². The highest BCUT2D eigenvalue weighted by molar-refractivity contribution is 5.74. The zero-order valence-electron chi connectivity index (χ0n) is 12.2. The summed E-state index contributed by atoms with van der Waals surface area (Å²) in [5.74, 6) is -1.60. The van der Waals surface area contributed by atoms with E-state index in [0.717, 1.165) is 12.1 Å². The van der Waals surface area contributed by atoms with Crippen molar-refractivity contribution in [2.45, 2.75) is 19.4 Å². The number of hydrogen-bond acceptors (Lipinski definition) is 3. The Hall–Kier alpha value is -2.83. The van der Waals surface area contributed by atoms with Crippen LogP contribution in [0.3, 0.4) is 0 Å². The van der Waals surface area contributed by atoms with Gasteiger partial charge in [-0.05, 0) is 29.8 Å². The normalized spacial score (nSPS) is 11.0.